The number of hydrogen-bond acceptors (Lipinski definition) is 8. The number of carbonyl (C=O) groups is 1. The third kappa shape index (κ3) is 7.35. The number of alkyl halides is 1. The van der Waals surface area contributed by atoms with Gasteiger partial charge in [-0.3, -0.25) is 14.7 Å². The summed E-state index contributed by atoms with van der Waals surface area (Å²) in [5, 5.41) is 12.0. The molecule has 10 heteroatoms. The van der Waals surface area contributed by atoms with E-state index in [4.69, 9.17) is 9.47 Å². The van der Waals surface area contributed by atoms with Crippen molar-refractivity contribution in [3.63, 3.8) is 0 Å². The number of thioether (sulfide) groups is 1. The van der Waals surface area contributed by atoms with Crippen molar-refractivity contribution < 1.29 is 23.8 Å². The van der Waals surface area contributed by atoms with E-state index in [1.165, 1.54) is 0 Å². The number of carboxylic acid groups (broad SMARTS) is 1. The van der Waals surface area contributed by atoms with Crippen molar-refractivity contribution in [2.45, 2.75) is 43.4 Å². The highest BCUT2D eigenvalue weighted by atomic mass is 32.2. The minimum atomic E-state index is -1.31. The largest absolute Gasteiger partial charge is 0.497 e. The summed E-state index contributed by atoms with van der Waals surface area (Å²) in [5.74, 6) is 0.725. The summed E-state index contributed by atoms with van der Waals surface area (Å²) in [5.41, 5.74) is 1.23. The molecular weight excluding hydrogens is 543 g/mol. The van der Waals surface area contributed by atoms with Gasteiger partial charge in [0.1, 0.15) is 11.9 Å². The highest BCUT2D eigenvalue weighted by Gasteiger charge is 2.42. The SMILES string of the molecule is COc1ccc2ncc(CN3CCOCC3)c([C@@H](F)CCC3(C(=O)O)CCN(CCSc4ccccn4)CC3)c2c1. The van der Waals surface area contributed by atoms with Crippen LogP contribution in [0.2, 0.25) is 0 Å². The van der Waals surface area contributed by atoms with Gasteiger partial charge in [0.25, 0.3) is 0 Å². The average molecular weight is 583 g/mol. The van der Waals surface area contributed by atoms with Crippen LogP contribution in [0.4, 0.5) is 4.39 Å². The number of aliphatic carboxylic acids is 1. The maximum Gasteiger partial charge on any atom is 0.309 e. The van der Waals surface area contributed by atoms with E-state index in [2.05, 4.69) is 19.8 Å². The molecule has 41 heavy (non-hydrogen) atoms. The Kier molecular flexibility index (Phi) is 10.1. The van der Waals surface area contributed by atoms with E-state index in [0.29, 0.717) is 68.9 Å². The molecule has 1 atom stereocenters. The Bertz CT molecular complexity index is 1300. The molecule has 0 unspecified atom stereocenters. The number of aromatic nitrogens is 2. The molecule has 2 aliphatic rings. The number of pyridine rings is 2. The first-order valence-electron chi connectivity index (χ1n) is 14.4. The van der Waals surface area contributed by atoms with E-state index in [0.717, 1.165) is 41.4 Å². The predicted octanol–water partition coefficient (Wildman–Crippen LogP) is 5.22. The molecule has 2 saturated heterocycles. The second-order valence-corrected chi connectivity index (χ2v) is 12.0. The molecule has 0 amide bonds. The summed E-state index contributed by atoms with van der Waals surface area (Å²) in [6.45, 7) is 5.73. The predicted molar refractivity (Wildman–Crippen MR) is 158 cm³/mol. The summed E-state index contributed by atoms with van der Waals surface area (Å²) in [7, 11) is 1.60. The van der Waals surface area contributed by atoms with Crippen LogP contribution in [0.1, 0.15) is 43.0 Å². The second kappa shape index (κ2) is 13.9. The zero-order chi connectivity index (χ0) is 28.7. The number of halogens is 1. The van der Waals surface area contributed by atoms with E-state index < -0.39 is 17.6 Å². The number of piperidine rings is 1. The fourth-order valence-corrected chi connectivity index (χ4v) is 6.76. The van der Waals surface area contributed by atoms with Crippen LogP contribution >= 0.6 is 11.8 Å². The fraction of sp³-hybridized carbons (Fsp3) is 0.516. The minimum absolute atomic E-state index is 0.147. The molecule has 0 radical (unpaired) electrons. The van der Waals surface area contributed by atoms with Crippen molar-refractivity contribution in [3.8, 4) is 5.75 Å². The number of methoxy groups -OCH3 is 1. The molecule has 0 spiro atoms. The van der Waals surface area contributed by atoms with Crippen molar-refractivity contribution >= 4 is 28.6 Å². The van der Waals surface area contributed by atoms with Gasteiger partial charge in [0.2, 0.25) is 0 Å². The average Bonchev–Trinajstić information content (AvgIpc) is 3.01. The van der Waals surface area contributed by atoms with Crippen LogP contribution in [0.25, 0.3) is 10.9 Å². The highest BCUT2D eigenvalue weighted by molar-refractivity contribution is 7.99. The molecule has 220 valence electrons. The monoisotopic (exact) mass is 582 g/mol. The summed E-state index contributed by atoms with van der Waals surface area (Å²) in [6, 6.07) is 11.4. The lowest BCUT2D eigenvalue weighted by molar-refractivity contribution is -0.153. The number of hydrogen-bond donors (Lipinski definition) is 1. The normalized spacial score (nSPS) is 18.8. The van der Waals surface area contributed by atoms with Gasteiger partial charge < -0.3 is 19.5 Å². The van der Waals surface area contributed by atoms with E-state index >= 15 is 4.39 Å². The Morgan fingerprint density at radius 2 is 1.95 bits per heavy atom. The van der Waals surface area contributed by atoms with Crippen molar-refractivity contribution in [2.24, 2.45) is 5.41 Å². The highest BCUT2D eigenvalue weighted by Crippen LogP contribution is 2.42. The molecule has 1 N–H and O–H groups in total. The Morgan fingerprint density at radius 3 is 2.66 bits per heavy atom. The van der Waals surface area contributed by atoms with Crippen LogP contribution in [-0.4, -0.2) is 89.6 Å². The molecule has 2 aliphatic heterocycles. The third-order valence-electron chi connectivity index (χ3n) is 8.45. The summed E-state index contributed by atoms with van der Waals surface area (Å²) in [6.07, 6.45) is 3.75. The first kappa shape index (κ1) is 29.7. The number of rotatable bonds is 12. The number of carboxylic acids is 1. The van der Waals surface area contributed by atoms with Gasteiger partial charge in [-0.1, -0.05) is 6.07 Å². The summed E-state index contributed by atoms with van der Waals surface area (Å²) in [4.78, 5) is 26.1. The lowest BCUT2D eigenvalue weighted by Gasteiger charge is -2.39. The maximum absolute atomic E-state index is 16.4. The van der Waals surface area contributed by atoms with Gasteiger partial charge in [-0.2, -0.15) is 0 Å². The zero-order valence-electron chi connectivity index (χ0n) is 23.6. The standard InChI is InChI=1S/C31H39FN4O4S/c1-39-24-5-6-27-25(20-24)29(23(21-34-27)22-36-14-17-40-18-15-36)26(32)7-8-31(30(37)38)9-12-35(13-10-31)16-19-41-28-4-2-3-11-33-28/h2-6,11,20-21,26H,7-10,12-19,22H2,1H3,(H,37,38)/t26-/m0/s1. The Balaban J connectivity index is 1.27. The van der Waals surface area contributed by atoms with E-state index in [1.54, 1.807) is 31.3 Å². The molecule has 0 bridgehead atoms. The first-order chi connectivity index (χ1) is 20.0. The lowest BCUT2D eigenvalue weighted by Crippen LogP contribution is -2.45. The quantitative estimate of drug-likeness (QED) is 0.289. The molecular formula is C31H39FN4O4S. The van der Waals surface area contributed by atoms with Crippen LogP contribution in [-0.2, 0) is 16.1 Å². The molecule has 0 saturated carbocycles. The first-order valence-corrected chi connectivity index (χ1v) is 15.4. The van der Waals surface area contributed by atoms with Crippen molar-refractivity contribution in [1.29, 1.82) is 0 Å². The van der Waals surface area contributed by atoms with Crippen molar-refractivity contribution in [1.82, 2.24) is 19.8 Å². The molecule has 2 fully saturated rings. The van der Waals surface area contributed by atoms with Gasteiger partial charge in [0.15, 0.2) is 0 Å². The molecule has 2 aromatic heterocycles. The van der Waals surface area contributed by atoms with Gasteiger partial charge in [0.05, 0.1) is 36.3 Å². The molecule has 4 heterocycles. The third-order valence-corrected chi connectivity index (χ3v) is 9.37. The van der Waals surface area contributed by atoms with Crippen LogP contribution < -0.4 is 4.74 Å². The van der Waals surface area contributed by atoms with Crippen LogP contribution in [0.5, 0.6) is 5.75 Å². The summed E-state index contributed by atoms with van der Waals surface area (Å²) < 4.78 is 27.3. The fourth-order valence-electron chi connectivity index (χ4n) is 5.89. The van der Waals surface area contributed by atoms with Crippen LogP contribution in [0.15, 0.2) is 53.8 Å². The number of ether oxygens (including phenoxy) is 2. The van der Waals surface area contributed by atoms with Crippen LogP contribution in [0, 0.1) is 5.41 Å². The van der Waals surface area contributed by atoms with Crippen LogP contribution in [0.3, 0.4) is 0 Å². The van der Waals surface area contributed by atoms with Gasteiger partial charge in [-0.05, 0) is 74.7 Å². The van der Waals surface area contributed by atoms with Gasteiger partial charge >= 0.3 is 5.97 Å². The number of fused-ring (bicyclic) bond motifs is 1. The van der Waals surface area contributed by atoms with Gasteiger partial charge in [-0.25, -0.2) is 9.37 Å². The minimum Gasteiger partial charge on any atom is -0.497 e. The van der Waals surface area contributed by atoms with E-state index in [-0.39, 0.29) is 6.42 Å². The van der Waals surface area contributed by atoms with E-state index in [9.17, 15) is 9.90 Å². The Labute approximate surface area is 245 Å². The number of benzene rings is 1. The van der Waals surface area contributed by atoms with Crippen molar-refractivity contribution in [2.75, 3.05) is 58.8 Å². The molecule has 3 aromatic rings. The maximum atomic E-state index is 16.4. The summed E-state index contributed by atoms with van der Waals surface area (Å²) >= 11 is 1.71. The van der Waals surface area contributed by atoms with Gasteiger partial charge in [0, 0.05) is 55.3 Å². The van der Waals surface area contributed by atoms with E-state index in [1.807, 2.05) is 36.4 Å². The molecule has 5 rings (SSSR count). The van der Waals surface area contributed by atoms with Crippen molar-refractivity contribution in [3.05, 3.63) is 59.9 Å². The number of nitrogens with zero attached hydrogens (tertiary/aromatic N) is 4. The topological polar surface area (TPSA) is 88.0 Å². The smallest absolute Gasteiger partial charge is 0.309 e. The zero-order valence-corrected chi connectivity index (χ0v) is 24.5. The second-order valence-electron chi connectivity index (χ2n) is 10.9. The number of likely N-dealkylation sites (tertiary alicyclic amines) is 1. The van der Waals surface area contributed by atoms with Gasteiger partial charge in [-0.15, -0.1) is 11.8 Å². The Morgan fingerprint density at radius 1 is 1.15 bits per heavy atom. The molecule has 0 aliphatic carbocycles. The molecule has 8 nitrogen and oxygen atoms in total. The Hall–Kier alpha value is -2.79. The number of morpholine rings is 1. The molecule has 1 aromatic carbocycles. The lowest BCUT2D eigenvalue weighted by atomic mass is 9.74.